The molecule has 2 aromatic rings. The van der Waals surface area contributed by atoms with E-state index in [1.165, 1.54) is 28.0 Å². The molecule has 0 aliphatic carbocycles. The number of rotatable bonds is 3. The first-order valence-electron chi connectivity index (χ1n) is 6.54. The van der Waals surface area contributed by atoms with Gasteiger partial charge in [-0.2, -0.15) is 0 Å². The molecule has 1 aromatic heterocycles. The number of carboxylic acids is 1. The maximum absolute atomic E-state index is 12.8. The van der Waals surface area contributed by atoms with Gasteiger partial charge in [0.15, 0.2) is 0 Å². The van der Waals surface area contributed by atoms with Crippen LogP contribution in [-0.4, -0.2) is 33.7 Å². The molecule has 0 radical (unpaired) electrons. The number of hydrogen-bond donors (Lipinski definition) is 1. The smallest absolute Gasteiger partial charge is 0.327 e. The second-order valence-corrected chi connectivity index (χ2v) is 7.31. The van der Waals surface area contributed by atoms with Crippen molar-refractivity contribution in [3.05, 3.63) is 57.2 Å². The first kappa shape index (κ1) is 15.4. The Morgan fingerprint density at radius 2 is 2.09 bits per heavy atom. The van der Waals surface area contributed by atoms with Crippen molar-refractivity contribution in [2.75, 3.05) is 5.75 Å². The third-order valence-electron chi connectivity index (χ3n) is 3.38. The van der Waals surface area contributed by atoms with Crippen LogP contribution in [0, 0.1) is 0 Å². The number of halogens is 1. The molecule has 0 spiro atoms. The summed E-state index contributed by atoms with van der Waals surface area (Å²) in [6.45, 7) is 0. The van der Waals surface area contributed by atoms with Crippen molar-refractivity contribution < 1.29 is 14.7 Å². The van der Waals surface area contributed by atoms with Gasteiger partial charge in [-0.25, -0.2) is 4.79 Å². The average Bonchev–Trinajstić information content (AvgIpc) is 3.15. The standard InChI is InChI=1S/C15H12ClNO3S2/c16-10-4-1-3-9(7-10)13(18)17-11(15(19)20)8-22-14(17)12-5-2-6-21-12/h1-7,11,14H,8H2,(H,19,20)/t11-,14-/m1/s1. The minimum absolute atomic E-state index is 0.271. The van der Waals surface area contributed by atoms with Gasteiger partial charge in [-0.1, -0.05) is 23.7 Å². The Hall–Kier alpha value is -1.50. The first-order valence-corrected chi connectivity index (χ1v) is 8.84. The van der Waals surface area contributed by atoms with Crippen LogP contribution in [0.15, 0.2) is 41.8 Å². The highest BCUT2D eigenvalue weighted by atomic mass is 35.5. The number of carbonyl (C=O) groups excluding carboxylic acids is 1. The monoisotopic (exact) mass is 353 g/mol. The van der Waals surface area contributed by atoms with Crippen molar-refractivity contribution in [1.29, 1.82) is 0 Å². The quantitative estimate of drug-likeness (QED) is 0.913. The number of thiophene rings is 1. The maximum Gasteiger partial charge on any atom is 0.327 e. The van der Waals surface area contributed by atoms with Crippen LogP contribution < -0.4 is 0 Å². The third-order valence-corrected chi connectivity index (χ3v) is 5.99. The lowest BCUT2D eigenvalue weighted by Gasteiger charge is -2.26. The van der Waals surface area contributed by atoms with Crippen LogP contribution >= 0.6 is 34.7 Å². The predicted molar refractivity (Wildman–Crippen MR) is 88.6 cm³/mol. The number of aliphatic carboxylic acids is 1. The van der Waals surface area contributed by atoms with E-state index in [1.807, 2.05) is 17.5 Å². The Bertz CT molecular complexity index is 705. The minimum Gasteiger partial charge on any atom is -0.480 e. The van der Waals surface area contributed by atoms with Crippen molar-refractivity contribution in [3.63, 3.8) is 0 Å². The molecule has 1 fully saturated rings. The largest absolute Gasteiger partial charge is 0.480 e. The number of amides is 1. The normalized spacial score (nSPS) is 21.0. The van der Waals surface area contributed by atoms with Crippen LogP contribution in [0.2, 0.25) is 5.02 Å². The van der Waals surface area contributed by atoms with Gasteiger partial charge in [-0.3, -0.25) is 4.79 Å². The van der Waals surface area contributed by atoms with E-state index >= 15 is 0 Å². The van der Waals surface area contributed by atoms with E-state index in [-0.39, 0.29) is 11.3 Å². The van der Waals surface area contributed by atoms with Crippen LogP contribution in [0.25, 0.3) is 0 Å². The van der Waals surface area contributed by atoms with Gasteiger partial charge in [0.1, 0.15) is 11.4 Å². The van der Waals surface area contributed by atoms with Gasteiger partial charge < -0.3 is 10.0 Å². The van der Waals surface area contributed by atoms with Gasteiger partial charge in [0.2, 0.25) is 0 Å². The van der Waals surface area contributed by atoms with Gasteiger partial charge >= 0.3 is 5.97 Å². The lowest BCUT2D eigenvalue weighted by molar-refractivity contribution is -0.141. The minimum atomic E-state index is -0.984. The summed E-state index contributed by atoms with van der Waals surface area (Å²) in [6, 6.07) is 9.58. The molecule has 0 unspecified atom stereocenters. The Morgan fingerprint density at radius 3 is 2.73 bits per heavy atom. The molecule has 2 heterocycles. The number of nitrogens with zero attached hydrogens (tertiary/aromatic N) is 1. The Morgan fingerprint density at radius 1 is 1.27 bits per heavy atom. The molecule has 0 bridgehead atoms. The molecule has 0 saturated carbocycles. The van der Waals surface area contributed by atoms with Crippen molar-refractivity contribution in [2.45, 2.75) is 11.4 Å². The number of benzene rings is 1. The molecular formula is C15H12ClNO3S2. The van der Waals surface area contributed by atoms with Crippen molar-refractivity contribution in [2.24, 2.45) is 0 Å². The zero-order valence-electron chi connectivity index (χ0n) is 11.3. The van der Waals surface area contributed by atoms with Gasteiger partial charge in [0, 0.05) is 21.2 Å². The fourth-order valence-electron chi connectivity index (χ4n) is 2.37. The van der Waals surface area contributed by atoms with E-state index in [0.29, 0.717) is 16.3 Å². The number of hydrogen-bond acceptors (Lipinski definition) is 4. The molecule has 3 rings (SSSR count). The van der Waals surface area contributed by atoms with Gasteiger partial charge in [-0.05, 0) is 29.6 Å². The molecule has 7 heteroatoms. The fourth-order valence-corrected chi connectivity index (χ4v) is 4.94. The van der Waals surface area contributed by atoms with Crippen molar-refractivity contribution in [1.82, 2.24) is 4.90 Å². The van der Waals surface area contributed by atoms with Crippen LogP contribution in [-0.2, 0) is 4.79 Å². The summed E-state index contributed by atoms with van der Waals surface area (Å²) in [6.07, 6.45) is 0. The summed E-state index contributed by atoms with van der Waals surface area (Å²) in [5.41, 5.74) is 0.405. The molecule has 1 aliphatic heterocycles. The summed E-state index contributed by atoms with van der Waals surface area (Å²) in [5.74, 6) is -0.912. The van der Waals surface area contributed by atoms with E-state index in [2.05, 4.69) is 0 Å². The SMILES string of the molecule is O=C(O)[C@H]1CS[C@H](c2cccs2)N1C(=O)c1cccc(Cl)c1. The topological polar surface area (TPSA) is 57.6 Å². The van der Waals surface area contributed by atoms with E-state index in [4.69, 9.17) is 11.6 Å². The number of carboxylic acid groups (broad SMARTS) is 1. The predicted octanol–water partition coefficient (Wildman–Crippen LogP) is 3.74. The highest BCUT2D eigenvalue weighted by molar-refractivity contribution is 7.99. The summed E-state index contributed by atoms with van der Waals surface area (Å²) in [4.78, 5) is 26.7. The Balaban J connectivity index is 1.98. The van der Waals surface area contributed by atoms with Crippen LogP contribution in [0.3, 0.4) is 0 Å². The molecule has 1 aromatic carbocycles. The maximum atomic E-state index is 12.8. The highest BCUT2D eigenvalue weighted by Gasteiger charge is 2.43. The second kappa shape index (κ2) is 6.32. The molecule has 1 amide bonds. The Kier molecular flexibility index (Phi) is 4.42. The van der Waals surface area contributed by atoms with Crippen LogP contribution in [0.4, 0.5) is 0 Å². The highest BCUT2D eigenvalue weighted by Crippen LogP contribution is 2.43. The molecular weight excluding hydrogens is 342 g/mol. The van der Waals surface area contributed by atoms with Crippen molar-refractivity contribution >= 4 is 46.6 Å². The summed E-state index contributed by atoms with van der Waals surface area (Å²) in [7, 11) is 0. The third kappa shape index (κ3) is 2.86. The zero-order chi connectivity index (χ0) is 15.7. The van der Waals surface area contributed by atoms with E-state index in [0.717, 1.165) is 4.88 Å². The van der Waals surface area contributed by atoms with Gasteiger partial charge in [-0.15, -0.1) is 23.1 Å². The zero-order valence-corrected chi connectivity index (χ0v) is 13.7. The lowest BCUT2D eigenvalue weighted by atomic mass is 10.1. The average molecular weight is 354 g/mol. The molecule has 1 N–H and O–H groups in total. The molecule has 114 valence electrons. The summed E-state index contributed by atoms with van der Waals surface area (Å²) < 4.78 is 0. The fraction of sp³-hybridized carbons (Fsp3) is 0.200. The number of thioether (sulfide) groups is 1. The molecule has 2 atom stereocenters. The van der Waals surface area contributed by atoms with E-state index in [9.17, 15) is 14.7 Å². The first-order chi connectivity index (χ1) is 10.6. The van der Waals surface area contributed by atoms with Gasteiger partial charge in [0.05, 0.1) is 0 Å². The molecule has 4 nitrogen and oxygen atoms in total. The second-order valence-electron chi connectivity index (χ2n) is 4.78. The van der Waals surface area contributed by atoms with E-state index < -0.39 is 12.0 Å². The van der Waals surface area contributed by atoms with Gasteiger partial charge in [0.25, 0.3) is 5.91 Å². The Labute approximate surface area is 140 Å². The molecule has 1 saturated heterocycles. The summed E-state index contributed by atoms with van der Waals surface area (Å²) >= 11 is 8.93. The van der Waals surface area contributed by atoms with E-state index in [1.54, 1.807) is 24.3 Å². The number of carbonyl (C=O) groups is 2. The van der Waals surface area contributed by atoms with Crippen LogP contribution in [0.5, 0.6) is 0 Å². The summed E-state index contributed by atoms with van der Waals surface area (Å²) in [5, 5.41) is 11.5. The lowest BCUT2D eigenvalue weighted by Crippen LogP contribution is -2.42. The molecule has 22 heavy (non-hydrogen) atoms. The van der Waals surface area contributed by atoms with Crippen molar-refractivity contribution in [3.8, 4) is 0 Å². The van der Waals surface area contributed by atoms with Crippen LogP contribution in [0.1, 0.15) is 20.6 Å². The molecule has 1 aliphatic rings.